The number of amides is 3. The highest BCUT2D eigenvalue weighted by Gasteiger charge is 2.17. The quantitative estimate of drug-likeness (QED) is 0.837. The number of anilines is 1. The van der Waals surface area contributed by atoms with Gasteiger partial charge in [0, 0.05) is 0 Å². The molecule has 0 spiro atoms. The summed E-state index contributed by atoms with van der Waals surface area (Å²) in [6.07, 6.45) is 0. The van der Waals surface area contributed by atoms with E-state index in [1.54, 1.807) is 13.8 Å². The van der Waals surface area contributed by atoms with Gasteiger partial charge in [0.2, 0.25) is 0 Å². The second kappa shape index (κ2) is 7.40. The number of benzene rings is 1. The Kier molecular flexibility index (Phi) is 5.31. The molecule has 0 aliphatic carbocycles. The predicted molar refractivity (Wildman–Crippen MR) is 82.0 cm³/mol. The van der Waals surface area contributed by atoms with E-state index in [9.17, 15) is 18.8 Å². The molecule has 8 heteroatoms. The van der Waals surface area contributed by atoms with Gasteiger partial charge in [0.1, 0.15) is 22.9 Å². The lowest BCUT2D eigenvalue weighted by molar-refractivity contribution is -0.123. The van der Waals surface area contributed by atoms with E-state index >= 15 is 0 Å². The first kappa shape index (κ1) is 17.2. The van der Waals surface area contributed by atoms with Crippen molar-refractivity contribution in [2.24, 2.45) is 0 Å². The molecule has 2 rings (SSSR count). The molecule has 0 radical (unpaired) electrons. The average Bonchev–Trinajstić information content (AvgIpc) is 2.86. The van der Waals surface area contributed by atoms with Crippen molar-refractivity contribution in [1.29, 1.82) is 0 Å². The first-order chi connectivity index (χ1) is 11.4. The van der Waals surface area contributed by atoms with Gasteiger partial charge in [-0.1, -0.05) is 12.1 Å². The van der Waals surface area contributed by atoms with Crippen molar-refractivity contribution in [2.45, 2.75) is 13.8 Å². The van der Waals surface area contributed by atoms with Crippen LogP contribution in [0.1, 0.15) is 21.9 Å². The summed E-state index contributed by atoms with van der Waals surface area (Å²) in [6, 6.07) is 6.04. The second-order valence-corrected chi connectivity index (χ2v) is 4.89. The number of hydrogen-bond donors (Lipinski definition) is 2. The fourth-order valence-electron chi connectivity index (χ4n) is 1.92. The number of ether oxygens (including phenoxy) is 1. The van der Waals surface area contributed by atoms with Gasteiger partial charge in [0.15, 0.2) is 6.61 Å². The maximum atomic E-state index is 13.4. The maximum Gasteiger partial charge on any atom is 0.342 e. The van der Waals surface area contributed by atoms with Gasteiger partial charge >= 0.3 is 12.0 Å². The normalized spacial score (nSPS) is 10.1. The molecule has 0 unspecified atom stereocenters. The van der Waals surface area contributed by atoms with Gasteiger partial charge in [-0.2, -0.15) is 0 Å². The number of aryl methyl sites for hydroxylation is 2. The van der Waals surface area contributed by atoms with Crippen LogP contribution in [0.2, 0.25) is 0 Å². The molecule has 0 saturated heterocycles. The Morgan fingerprint density at radius 1 is 1.21 bits per heavy atom. The summed E-state index contributed by atoms with van der Waals surface area (Å²) in [5.74, 6) is -1.33. The van der Waals surface area contributed by atoms with Crippen LogP contribution in [0.4, 0.5) is 14.9 Å². The number of furan rings is 1. The minimum Gasteiger partial charge on any atom is -0.466 e. The van der Waals surface area contributed by atoms with Crippen LogP contribution in [0.15, 0.2) is 34.7 Å². The summed E-state index contributed by atoms with van der Waals surface area (Å²) in [6.45, 7) is 2.60. The molecular weight excluding hydrogens is 319 g/mol. The molecule has 1 aromatic heterocycles. The zero-order valence-electron chi connectivity index (χ0n) is 13.0. The highest BCUT2D eigenvalue weighted by atomic mass is 19.1. The minimum absolute atomic E-state index is 0.0794. The van der Waals surface area contributed by atoms with Gasteiger partial charge in [-0.3, -0.25) is 10.1 Å². The third kappa shape index (κ3) is 4.42. The number of carbonyl (C=O) groups excluding carboxylic acids is 3. The van der Waals surface area contributed by atoms with Crippen LogP contribution >= 0.6 is 0 Å². The van der Waals surface area contributed by atoms with Crippen molar-refractivity contribution < 1.29 is 27.9 Å². The Morgan fingerprint density at radius 2 is 1.92 bits per heavy atom. The zero-order valence-corrected chi connectivity index (χ0v) is 13.0. The van der Waals surface area contributed by atoms with Gasteiger partial charge in [-0.25, -0.2) is 14.0 Å². The Balaban J connectivity index is 1.83. The SMILES string of the molecule is Cc1cc(C(=O)OCC(=O)NC(=O)Nc2ccccc2F)c(C)o1. The second-order valence-electron chi connectivity index (χ2n) is 4.89. The van der Waals surface area contributed by atoms with Gasteiger partial charge in [-0.15, -0.1) is 0 Å². The molecule has 0 fully saturated rings. The molecule has 1 heterocycles. The van der Waals surface area contributed by atoms with E-state index < -0.39 is 30.3 Å². The average molecular weight is 334 g/mol. The number of hydrogen-bond acceptors (Lipinski definition) is 5. The van der Waals surface area contributed by atoms with Gasteiger partial charge in [0.25, 0.3) is 5.91 Å². The summed E-state index contributed by atoms with van der Waals surface area (Å²) < 4.78 is 23.3. The number of rotatable bonds is 4. The Bertz CT molecular complexity index is 785. The lowest BCUT2D eigenvalue weighted by Crippen LogP contribution is -2.37. The van der Waals surface area contributed by atoms with Crippen LogP contribution in [0.25, 0.3) is 0 Å². The molecule has 3 amide bonds. The molecule has 2 N–H and O–H groups in total. The van der Waals surface area contributed by atoms with Crippen molar-refractivity contribution in [3.8, 4) is 0 Å². The third-order valence-corrected chi connectivity index (χ3v) is 2.97. The first-order valence-corrected chi connectivity index (χ1v) is 6.96. The van der Waals surface area contributed by atoms with Crippen LogP contribution in [-0.2, 0) is 9.53 Å². The van der Waals surface area contributed by atoms with Gasteiger partial charge in [-0.05, 0) is 32.0 Å². The lowest BCUT2D eigenvalue weighted by Gasteiger charge is -2.07. The molecule has 0 bridgehead atoms. The van der Waals surface area contributed by atoms with Crippen molar-refractivity contribution >= 4 is 23.6 Å². The molecule has 0 atom stereocenters. The number of carbonyl (C=O) groups is 3. The smallest absolute Gasteiger partial charge is 0.342 e. The van der Waals surface area contributed by atoms with Crippen LogP contribution in [-0.4, -0.2) is 24.5 Å². The van der Waals surface area contributed by atoms with E-state index in [2.05, 4.69) is 5.32 Å². The standard InChI is InChI=1S/C16H15FN2O5/c1-9-7-11(10(2)24-9)15(21)23-8-14(20)19-16(22)18-13-6-4-3-5-12(13)17/h3-7H,8H2,1-2H3,(H2,18,19,20,22). The summed E-state index contributed by atoms with van der Waals surface area (Å²) in [5, 5.41) is 4.10. The molecule has 1 aromatic carbocycles. The molecule has 0 aliphatic rings. The fraction of sp³-hybridized carbons (Fsp3) is 0.188. The third-order valence-electron chi connectivity index (χ3n) is 2.97. The van der Waals surface area contributed by atoms with Crippen molar-refractivity contribution in [2.75, 3.05) is 11.9 Å². The summed E-state index contributed by atoms with van der Waals surface area (Å²) in [4.78, 5) is 35.0. The highest BCUT2D eigenvalue weighted by Crippen LogP contribution is 2.14. The van der Waals surface area contributed by atoms with Crippen molar-refractivity contribution in [3.63, 3.8) is 0 Å². The molecule has 2 aromatic rings. The van der Waals surface area contributed by atoms with E-state index in [1.807, 2.05) is 5.32 Å². The number of halogens is 1. The van der Waals surface area contributed by atoms with Gasteiger partial charge in [0.05, 0.1) is 5.69 Å². The summed E-state index contributed by atoms with van der Waals surface area (Å²) in [5.41, 5.74) is 0.125. The first-order valence-electron chi connectivity index (χ1n) is 6.96. The van der Waals surface area contributed by atoms with E-state index in [4.69, 9.17) is 9.15 Å². The Morgan fingerprint density at radius 3 is 2.54 bits per heavy atom. The summed E-state index contributed by atoms with van der Waals surface area (Å²) in [7, 11) is 0. The van der Waals surface area contributed by atoms with Crippen molar-refractivity contribution in [1.82, 2.24) is 5.32 Å². The van der Waals surface area contributed by atoms with E-state index in [-0.39, 0.29) is 11.3 Å². The van der Waals surface area contributed by atoms with Crippen molar-refractivity contribution in [3.05, 3.63) is 53.2 Å². The van der Waals surface area contributed by atoms with E-state index in [0.717, 1.165) is 6.07 Å². The number of para-hydroxylation sites is 1. The molecule has 126 valence electrons. The monoisotopic (exact) mass is 334 g/mol. The topological polar surface area (TPSA) is 97.6 Å². The predicted octanol–water partition coefficient (Wildman–Crippen LogP) is 2.54. The highest BCUT2D eigenvalue weighted by molar-refractivity contribution is 6.02. The van der Waals surface area contributed by atoms with Gasteiger partial charge < -0.3 is 14.5 Å². The maximum absolute atomic E-state index is 13.4. The number of imide groups is 1. The lowest BCUT2D eigenvalue weighted by atomic mass is 10.2. The number of esters is 1. The number of urea groups is 1. The molecule has 24 heavy (non-hydrogen) atoms. The van der Waals surface area contributed by atoms with Crippen LogP contribution in [0.3, 0.4) is 0 Å². The van der Waals surface area contributed by atoms with E-state index in [0.29, 0.717) is 11.5 Å². The van der Waals surface area contributed by atoms with Crippen LogP contribution in [0, 0.1) is 19.7 Å². The van der Waals surface area contributed by atoms with Crippen LogP contribution < -0.4 is 10.6 Å². The molecule has 0 aliphatic heterocycles. The zero-order chi connectivity index (χ0) is 17.7. The van der Waals surface area contributed by atoms with Crippen LogP contribution in [0.5, 0.6) is 0 Å². The Hall–Kier alpha value is -3.16. The minimum atomic E-state index is -0.934. The summed E-state index contributed by atoms with van der Waals surface area (Å²) >= 11 is 0. The molecular formula is C16H15FN2O5. The number of nitrogens with one attached hydrogen (secondary N) is 2. The largest absolute Gasteiger partial charge is 0.466 e. The fourth-order valence-corrected chi connectivity index (χ4v) is 1.92. The molecule has 7 nitrogen and oxygen atoms in total. The van der Waals surface area contributed by atoms with E-state index in [1.165, 1.54) is 24.3 Å². The Labute approximate surface area is 136 Å². The molecule has 0 saturated carbocycles.